The summed E-state index contributed by atoms with van der Waals surface area (Å²) >= 11 is 13.7. The molecule has 1 saturated carbocycles. The van der Waals surface area contributed by atoms with Crippen molar-refractivity contribution in [3.8, 4) is 11.3 Å². The molecule has 0 amide bonds. The Labute approximate surface area is 120 Å². The largest absolute Gasteiger partial charge is 0.308 e. The van der Waals surface area contributed by atoms with E-state index in [1.54, 1.807) is 17.4 Å². The average molecular weight is 299 g/mol. The van der Waals surface area contributed by atoms with Gasteiger partial charge in [0.05, 0.1) is 10.7 Å². The molecule has 0 bridgehead atoms. The molecule has 0 aliphatic heterocycles. The van der Waals surface area contributed by atoms with Crippen LogP contribution in [0.5, 0.6) is 0 Å². The van der Waals surface area contributed by atoms with Crippen molar-refractivity contribution >= 4 is 34.5 Å². The summed E-state index contributed by atoms with van der Waals surface area (Å²) in [5.41, 5.74) is 1.87. The van der Waals surface area contributed by atoms with E-state index in [4.69, 9.17) is 23.2 Å². The molecule has 1 aromatic carbocycles. The van der Waals surface area contributed by atoms with Crippen LogP contribution in [-0.2, 0) is 6.54 Å². The molecule has 94 valence electrons. The molecule has 1 aromatic heterocycles. The minimum Gasteiger partial charge on any atom is -0.308 e. The van der Waals surface area contributed by atoms with Gasteiger partial charge in [0.1, 0.15) is 5.01 Å². The van der Waals surface area contributed by atoms with Crippen LogP contribution in [0.4, 0.5) is 0 Å². The molecule has 1 aliphatic carbocycles. The molecule has 0 unspecified atom stereocenters. The lowest BCUT2D eigenvalue weighted by molar-refractivity contribution is 0.685. The Morgan fingerprint density at radius 1 is 1.33 bits per heavy atom. The number of benzene rings is 1. The predicted molar refractivity (Wildman–Crippen MR) is 77.4 cm³/mol. The van der Waals surface area contributed by atoms with Crippen LogP contribution >= 0.6 is 34.5 Å². The van der Waals surface area contributed by atoms with E-state index < -0.39 is 0 Å². The molecular weight excluding hydrogens is 287 g/mol. The molecule has 0 atom stereocenters. The van der Waals surface area contributed by atoms with Gasteiger partial charge in [0, 0.05) is 28.6 Å². The fourth-order valence-electron chi connectivity index (χ4n) is 1.73. The van der Waals surface area contributed by atoms with E-state index in [1.165, 1.54) is 12.8 Å². The summed E-state index contributed by atoms with van der Waals surface area (Å²) < 4.78 is 0. The first-order chi connectivity index (χ1) is 8.72. The first kappa shape index (κ1) is 12.4. The Balaban J connectivity index is 1.78. The third-order valence-electron chi connectivity index (χ3n) is 2.88. The smallest absolute Gasteiger partial charge is 0.107 e. The highest BCUT2D eigenvalue weighted by Crippen LogP contribution is 2.31. The van der Waals surface area contributed by atoms with Crippen LogP contribution in [0, 0.1) is 0 Å². The first-order valence-electron chi connectivity index (χ1n) is 5.85. The Kier molecular flexibility index (Phi) is 3.57. The monoisotopic (exact) mass is 298 g/mol. The number of rotatable bonds is 4. The molecule has 5 heteroatoms. The summed E-state index contributed by atoms with van der Waals surface area (Å²) in [6.45, 7) is 0.848. The van der Waals surface area contributed by atoms with Gasteiger partial charge in [0.2, 0.25) is 0 Å². The van der Waals surface area contributed by atoms with E-state index in [1.807, 2.05) is 17.5 Å². The van der Waals surface area contributed by atoms with Crippen molar-refractivity contribution in [1.82, 2.24) is 10.3 Å². The zero-order valence-electron chi connectivity index (χ0n) is 9.62. The maximum Gasteiger partial charge on any atom is 0.107 e. The maximum absolute atomic E-state index is 6.18. The van der Waals surface area contributed by atoms with E-state index in [2.05, 4.69) is 10.3 Å². The van der Waals surface area contributed by atoms with Crippen molar-refractivity contribution in [3.05, 3.63) is 38.6 Å². The quantitative estimate of drug-likeness (QED) is 0.907. The summed E-state index contributed by atoms with van der Waals surface area (Å²) in [5.74, 6) is 0. The van der Waals surface area contributed by atoms with Gasteiger partial charge in [-0.2, -0.15) is 0 Å². The lowest BCUT2D eigenvalue weighted by atomic mass is 10.2. The van der Waals surface area contributed by atoms with Gasteiger partial charge in [-0.15, -0.1) is 11.3 Å². The highest BCUT2D eigenvalue weighted by atomic mass is 35.5. The van der Waals surface area contributed by atoms with Crippen LogP contribution in [-0.4, -0.2) is 11.0 Å². The highest BCUT2D eigenvalue weighted by Gasteiger charge is 2.20. The molecule has 2 aromatic rings. The molecule has 1 heterocycles. The van der Waals surface area contributed by atoms with Gasteiger partial charge in [-0.05, 0) is 31.0 Å². The number of hydrogen-bond donors (Lipinski definition) is 1. The summed E-state index contributed by atoms with van der Waals surface area (Å²) in [5, 5.41) is 7.89. The fourth-order valence-corrected chi connectivity index (χ4v) is 2.98. The van der Waals surface area contributed by atoms with Crippen molar-refractivity contribution in [2.45, 2.75) is 25.4 Å². The predicted octanol–water partition coefficient (Wildman–Crippen LogP) is 4.37. The summed E-state index contributed by atoms with van der Waals surface area (Å²) in [6.07, 6.45) is 2.59. The molecule has 0 spiro atoms. The van der Waals surface area contributed by atoms with Crippen molar-refractivity contribution in [3.63, 3.8) is 0 Å². The molecule has 18 heavy (non-hydrogen) atoms. The van der Waals surface area contributed by atoms with Crippen molar-refractivity contribution in [2.75, 3.05) is 0 Å². The first-order valence-corrected chi connectivity index (χ1v) is 7.49. The van der Waals surface area contributed by atoms with Crippen LogP contribution in [0.25, 0.3) is 11.3 Å². The minimum atomic E-state index is 0.648. The summed E-state index contributed by atoms with van der Waals surface area (Å²) in [4.78, 5) is 4.60. The lowest BCUT2D eigenvalue weighted by Gasteiger charge is -2.01. The molecule has 1 fully saturated rings. The molecule has 0 radical (unpaired) electrons. The molecule has 2 nitrogen and oxygen atoms in total. The zero-order chi connectivity index (χ0) is 12.5. The van der Waals surface area contributed by atoms with Crippen LogP contribution < -0.4 is 5.32 Å². The van der Waals surface area contributed by atoms with Gasteiger partial charge in [-0.25, -0.2) is 4.98 Å². The van der Waals surface area contributed by atoms with Crippen molar-refractivity contribution in [2.24, 2.45) is 0 Å². The van der Waals surface area contributed by atoms with E-state index in [0.717, 1.165) is 22.8 Å². The molecule has 1 aliphatic rings. The van der Waals surface area contributed by atoms with Gasteiger partial charge < -0.3 is 5.32 Å². The summed E-state index contributed by atoms with van der Waals surface area (Å²) in [7, 11) is 0. The Bertz CT molecular complexity index is 564. The van der Waals surface area contributed by atoms with Gasteiger partial charge in [0.15, 0.2) is 0 Å². The van der Waals surface area contributed by atoms with E-state index in [9.17, 15) is 0 Å². The van der Waals surface area contributed by atoms with Crippen LogP contribution in [0.15, 0.2) is 23.6 Å². The molecule has 1 N–H and O–H groups in total. The van der Waals surface area contributed by atoms with Crippen molar-refractivity contribution < 1.29 is 0 Å². The minimum absolute atomic E-state index is 0.648. The number of aromatic nitrogens is 1. The second kappa shape index (κ2) is 5.17. The van der Waals surface area contributed by atoms with Gasteiger partial charge in [-0.1, -0.05) is 23.2 Å². The van der Waals surface area contributed by atoms with Crippen LogP contribution in [0.1, 0.15) is 17.8 Å². The number of halogens is 2. The zero-order valence-corrected chi connectivity index (χ0v) is 11.9. The second-order valence-electron chi connectivity index (χ2n) is 4.41. The Morgan fingerprint density at radius 2 is 2.17 bits per heavy atom. The number of thiazole rings is 1. The Hall–Kier alpha value is -0.610. The fraction of sp³-hybridized carbons (Fsp3) is 0.308. The lowest BCUT2D eigenvalue weighted by Crippen LogP contribution is -2.14. The topological polar surface area (TPSA) is 24.9 Å². The van der Waals surface area contributed by atoms with Gasteiger partial charge in [0.25, 0.3) is 0 Å². The second-order valence-corrected chi connectivity index (χ2v) is 6.19. The Morgan fingerprint density at radius 3 is 2.89 bits per heavy atom. The number of nitrogens with one attached hydrogen (secondary N) is 1. The number of hydrogen-bond acceptors (Lipinski definition) is 3. The maximum atomic E-state index is 6.18. The highest BCUT2D eigenvalue weighted by molar-refractivity contribution is 7.09. The molecule has 0 saturated heterocycles. The van der Waals surface area contributed by atoms with Crippen LogP contribution in [0.3, 0.4) is 0 Å². The number of nitrogens with zero attached hydrogens (tertiary/aromatic N) is 1. The van der Waals surface area contributed by atoms with E-state index in [-0.39, 0.29) is 0 Å². The van der Waals surface area contributed by atoms with Gasteiger partial charge in [-0.3, -0.25) is 0 Å². The van der Waals surface area contributed by atoms with Crippen LogP contribution in [0.2, 0.25) is 10.0 Å². The molecule has 3 rings (SSSR count). The third-order valence-corrected chi connectivity index (χ3v) is 4.27. The summed E-state index contributed by atoms with van der Waals surface area (Å²) in [6, 6.07) is 6.21. The van der Waals surface area contributed by atoms with E-state index >= 15 is 0 Å². The standard InChI is InChI=1S/C13H12Cl2N2S/c14-8-1-4-10(11(15)5-8)12-7-18-13(17-12)6-16-9-2-3-9/h1,4-5,7,9,16H,2-3,6H2. The van der Waals surface area contributed by atoms with Crippen molar-refractivity contribution in [1.29, 1.82) is 0 Å². The van der Waals surface area contributed by atoms with Gasteiger partial charge >= 0.3 is 0 Å². The third kappa shape index (κ3) is 2.86. The van der Waals surface area contributed by atoms with E-state index in [0.29, 0.717) is 16.1 Å². The normalized spacial score (nSPS) is 15.0. The molecular formula is C13H12Cl2N2S. The SMILES string of the molecule is Clc1ccc(-c2csc(CNC3CC3)n2)c(Cl)c1. The average Bonchev–Trinajstić information content (AvgIpc) is 3.05.